The summed E-state index contributed by atoms with van der Waals surface area (Å²) < 4.78 is 11.2. The van der Waals surface area contributed by atoms with Crippen molar-refractivity contribution in [2.24, 2.45) is 0 Å². The molecule has 0 saturated carbocycles. The van der Waals surface area contributed by atoms with Crippen LogP contribution in [0, 0.1) is 0 Å². The number of benzene rings is 1. The van der Waals surface area contributed by atoms with Crippen LogP contribution in [0.25, 0.3) is 0 Å². The normalized spacial score (nSPS) is 23.3. The number of nitrogens with two attached hydrogens (primary N) is 1. The first-order valence-corrected chi connectivity index (χ1v) is 7.16. The van der Waals surface area contributed by atoms with Gasteiger partial charge in [-0.25, -0.2) is 0 Å². The average molecular weight is 262 g/mol. The molecule has 0 aromatic heterocycles. The molecule has 0 bridgehead atoms. The molecule has 104 valence electrons. The van der Waals surface area contributed by atoms with E-state index in [-0.39, 0.29) is 0 Å². The lowest BCUT2D eigenvalue weighted by Gasteiger charge is -2.33. The summed E-state index contributed by atoms with van der Waals surface area (Å²) in [4.78, 5) is 2.51. The van der Waals surface area contributed by atoms with Gasteiger partial charge in [-0.1, -0.05) is 6.42 Å². The van der Waals surface area contributed by atoms with Crippen LogP contribution in [-0.4, -0.2) is 30.7 Å². The van der Waals surface area contributed by atoms with E-state index in [0.717, 1.165) is 35.8 Å². The second-order valence-corrected chi connectivity index (χ2v) is 5.51. The van der Waals surface area contributed by atoms with Crippen LogP contribution in [-0.2, 0) is 6.54 Å². The molecule has 4 nitrogen and oxygen atoms in total. The maximum atomic E-state index is 6.15. The fraction of sp³-hybridized carbons (Fsp3) is 0.600. The largest absolute Gasteiger partial charge is 0.486 e. The van der Waals surface area contributed by atoms with Gasteiger partial charge in [0.1, 0.15) is 13.2 Å². The predicted molar refractivity (Wildman–Crippen MR) is 75.6 cm³/mol. The van der Waals surface area contributed by atoms with Crippen LogP contribution >= 0.6 is 0 Å². The molecule has 1 unspecified atom stereocenters. The van der Waals surface area contributed by atoms with Crippen LogP contribution in [0.2, 0.25) is 0 Å². The van der Waals surface area contributed by atoms with Crippen molar-refractivity contribution in [2.45, 2.75) is 38.8 Å². The minimum atomic E-state index is 0.606. The molecule has 2 heterocycles. The molecule has 2 N–H and O–H groups in total. The molecule has 19 heavy (non-hydrogen) atoms. The van der Waals surface area contributed by atoms with E-state index in [0.29, 0.717) is 19.3 Å². The molecule has 1 aromatic carbocycles. The molecule has 0 aliphatic carbocycles. The number of fused-ring (bicyclic) bond motifs is 1. The predicted octanol–water partition coefficient (Wildman–Crippen LogP) is 2.41. The van der Waals surface area contributed by atoms with Crippen molar-refractivity contribution in [3.63, 3.8) is 0 Å². The lowest BCUT2D eigenvalue weighted by atomic mass is 10.0. The Morgan fingerprint density at radius 2 is 1.95 bits per heavy atom. The summed E-state index contributed by atoms with van der Waals surface area (Å²) in [5.41, 5.74) is 8.10. The quantitative estimate of drug-likeness (QED) is 0.832. The van der Waals surface area contributed by atoms with Crippen molar-refractivity contribution in [1.82, 2.24) is 4.90 Å². The molecule has 1 aromatic rings. The van der Waals surface area contributed by atoms with Crippen LogP contribution in [0.1, 0.15) is 31.7 Å². The number of nitrogens with zero attached hydrogens (tertiary/aromatic N) is 1. The highest BCUT2D eigenvalue weighted by atomic mass is 16.6. The van der Waals surface area contributed by atoms with Crippen molar-refractivity contribution in [1.29, 1.82) is 0 Å². The number of anilines is 1. The van der Waals surface area contributed by atoms with Crippen LogP contribution in [0.4, 0.5) is 5.69 Å². The number of likely N-dealkylation sites (tertiary alicyclic amines) is 1. The molecular formula is C15H22N2O2. The third-order valence-electron chi connectivity index (χ3n) is 4.12. The molecule has 0 amide bonds. The monoisotopic (exact) mass is 262 g/mol. The van der Waals surface area contributed by atoms with Gasteiger partial charge in [0, 0.05) is 24.3 Å². The van der Waals surface area contributed by atoms with E-state index in [9.17, 15) is 0 Å². The SMILES string of the molecule is CC1CCCCN1Cc1cc2c(cc1N)OCCO2. The lowest BCUT2D eigenvalue weighted by Crippen LogP contribution is -2.36. The molecule has 4 heteroatoms. The maximum Gasteiger partial charge on any atom is 0.163 e. The maximum absolute atomic E-state index is 6.15. The van der Waals surface area contributed by atoms with Gasteiger partial charge in [-0.05, 0) is 37.9 Å². The van der Waals surface area contributed by atoms with E-state index in [1.807, 2.05) is 12.1 Å². The van der Waals surface area contributed by atoms with Crippen LogP contribution < -0.4 is 15.2 Å². The Morgan fingerprint density at radius 3 is 2.68 bits per heavy atom. The van der Waals surface area contributed by atoms with Gasteiger partial charge >= 0.3 is 0 Å². The molecule has 1 atom stereocenters. The Balaban J connectivity index is 1.80. The Hall–Kier alpha value is -1.42. The highest BCUT2D eigenvalue weighted by molar-refractivity contribution is 5.58. The average Bonchev–Trinajstić information content (AvgIpc) is 2.42. The van der Waals surface area contributed by atoms with Crippen LogP contribution in [0.3, 0.4) is 0 Å². The first kappa shape index (κ1) is 12.6. The van der Waals surface area contributed by atoms with Gasteiger partial charge in [-0.2, -0.15) is 0 Å². The minimum Gasteiger partial charge on any atom is -0.486 e. The molecule has 0 radical (unpaired) electrons. The van der Waals surface area contributed by atoms with Gasteiger partial charge in [0.2, 0.25) is 0 Å². The number of piperidine rings is 1. The second kappa shape index (κ2) is 5.29. The first-order chi connectivity index (χ1) is 9.24. The lowest BCUT2D eigenvalue weighted by molar-refractivity contribution is 0.151. The summed E-state index contributed by atoms with van der Waals surface area (Å²) in [7, 11) is 0. The summed E-state index contributed by atoms with van der Waals surface area (Å²) in [5.74, 6) is 1.61. The third-order valence-corrected chi connectivity index (χ3v) is 4.12. The molecule has 1 saturated heterocycles. The van der Waals surface area contributed by atoms with E-state index < -0.39 is 0 Å². The van der Waals surface area contributed by atoms with Gasteiger partial charge < -0.3 is 15.2 Å². The van der Waals surface area contributed by atoms with Crippen molar-refractivity contribution in [3.05, 3.63) is 17.7 Å². The van der Waals surface area contributed by atoms with E-state index in [2.05, 4.69) is 11.8 Å². The summed E-state index contributed by atoms with van der Waals surface area (Å²) in [6.45, 7) is 5.59. The van der Waals surface area contributed by atoms with Crippen LogP contribution in [0.15, 0.2) is 12.1 Å². The number of hydrogen-bond donors (Lipinski definition) is 1. The van der Waals surface area contributed by atoms with E-state index in [1.54, 1.807) is 0 Å². The van der Waals surface area contributed by atoms with Gasteiger partial charge in [-0.15, -0.1) is 0 Å². The molecule has 1 fully saturated rings. The van der Waals surface area contributed by atoms with Crippen LogP contribution in [0.5, 0.6) is 11.5 Å². The fourth-order valence-electron chi connectivity index (χ4n) is 2.89. The van der Waals surface area contributed by atoms with Crippen molar-refractivity contribution < 1.29 is 9.47 Å². The molecule has 2 aliphatic rings. The topological polar surface area (TPSA) is 47.7 Å². The Morgan fingerprint density at radius 1 is 1.21 bits per heavy atom. The molecule has 2 aliphatic heterocycles. The summed E-state index contributed by atoms with van der Waals surface area (Å²) in [5, 5.41) is 0. The Labute approximate surface area is 114 Å². The number of rotatable bonds is 2. The zero-order valence-corrected chi connectivity index (χ0v) is 11.5. The van der Waals surface area contributed by atoms with Crippen molar-refractivity contribution in [3.8, 4) is 11.5 Å². The number of nitrogen functional groups attached to an aromatic ring is 1. The third kappa shape index (κ3) is 2.63. The minimum absolute atomic E-state index is 0.606. The van der Waals surface area contributed by atoms with E-state index in [4.69, 9.17) is 15.2 Å². The van der Waals surface area contributed by atoms with E-state index >= 15 is 0 Å². The van der Waals surface area contributed by atoms with Crippen molar-refractivity contribution in [2.75, 3.05) is 25.5 Å². The highest BCUT2D eigenvalue weighted by Crippen LogP contribution is 2.35. The number of ether oxygens (including phenoxy) is 2. The van der Waals surface area contributed by atoms with E-state index in [1.165, 1.54) is 19.3 Å². The van der Waals surface area contributed by atoms with Gasteiger partial charge in [0.15, 0.2) is 11.5 Å². The molecule has 0 spiro atoms. The zero-order chi connectivity index (χ0) is 13.2. The van der Waals surface area contributed by atoms with Gasteiger partial charge in [-0.3, -0.25) is 4.90 Å². The Kier molecular flexibility index (Phi) is 3.51. The first-order valence-electron chi connectivity index (χ1n) is 7.16. The summed E-state index contributed by atoms with van der Waals surface area (Å²) >= 11 is 0. The fourth-order valence-corrected chi connectivity index (χ4v) is 2.89. The van der Waals surface area contributed by atoms with Crippen molar-refractivity contribution >= 4 is 5.69 Å². The van der Waals surface area contributed by atoms with Gasteiger partial charge in [0.25, 0.3) is 0 Å². The molecule has 3 rings (SSSR count). The highest BCUT2D eigenvalue weighted by Gasteiger charge is 2.21. The second-order valence-electron chi connectivity index (χ2n) is 5.51. The summed E-state index contributed by atoms with van der Waals surface area (Å²) in [6, 6.07) is 4.59. The summed E-state index contributed by atoms with van der Waals surface area (Å²) in [6.07, 6.45) is 3.91. The van der Waals surface area contributed by atoms with Gasteiger partial charge in [0.05, 0.1) is 0 Å². The smallest absolute Gasteiger partial charge is 0.163 e. The Bertz CT molecular complexity index is 462. The zero-order valence-electron chi connectivity index (χ0n) is 11.5. The standard InChI is InChI=1S/C15H22N2O2/c1-11-4-2-3-5-17(11)10-12-8-14-15(9-13(12)16)19-7-6-18-14/h8-9,11H,2-7,10,16H2,1H3. The number of hydrogen-bond acceptors (Lipinski definition) is 4. The molecular weight excluding hydrogens is 240 g/mol.